The first-order valence-electron chi connectivity index (χ1n) is 11.4. The van der Waals surface area contributed by atoms with Gasteiger partial charge in [-0.05, 0) is 42.4 Å². The highest BCUT2D eigenvalue weighted by atomic mass is 16.7. The average Bonchev–Trinajstić information content (AvgIpc) is 2.76. The minimum absolute atomic E-state index is 0.103. The summed E-state index contributed by atoms with van der Waals surface area (Å²) < 4.78 is 23.5. The van der Waals surface area contributed by atoms with E-state index in [1.165, 1.54) is 0 Å². The van der Waals surface area contributed by atoms with Crippen LogP contribution in [0.25, 0.3) is 0 Å². The van der Waals surface area contributed by atoms with E-state index in [0.29, 0.717) is 13.0 Å². The van der Waals surface area contributed by atoms with Crippen molar-refractivity contribution in [3.63, 3.8) is 0 Å². The van der Waals surface area contributed by atoms with Crippen LogP contribution in [-0.4, -0.2) is 65.3 Å². The second kappa shape index (κ2) is 10.6. The maximum absolute atomic E-state index is 11.2. The Morgan fingerprint density at radius 1 is 0.935 bits per heavy atom. The number of hydrogen-bond donors (Lipinski definition) is 3. The number of hydrogen-bond acceptors (Lipinski definition) is 7. The number of aliphatic hydroxyl groups excluding tert-OH is 3. The van der Waals surface area contributed by atoms with Crippen LogP contribution in [0.3, 0.4) is 0 Å². The van der Waals surface area contributed by atoms with Crippen molar-refractivity contribution in [3.05, 3.63) is 29.8 Å². The van der Waals surface area contributed by atoms with Crippen molar-refractivity contribution in [2.24, 2.45) is 17.8 Å². The standard InChI is InChI=1S/C24H38O7/c1-6-18-20(26)19(25)15(4)24(30-18)31-23-14(3)11-13(2)22(21(23)27)29-12-16-7-9-17(28-5)10-8-16/h7-10,13-15,18-27H,6,11-12H2,1-5H3/t13-,14?,15?,18?,19-,20-,21-,22?,23-,24-/m1/s1. The van der Waals surface area contributed by atoms with E-state index >= 15 is 0 Å². The topological polar surface area (TPSA) is 97.6 Å². The molecule has 3 rings (SSSR count). The van der Waals surface area contributed by atoms with Gasteiger partial charge in [0.1, 0.15) is 18.0 Å². The molecule has 7 heteroatoms. The summed E-state index contributed by atoms with van der Waals surface area (Å²) in [6.45, 7) is 8.22. The maximum Gasteiger partial charge on any atom is 0.163 e. The van der Waals surface area contributed by atoms with Gasteiger partial charge in [0, 0.05) is 5.92 Å². The van der Waals surface area contributed by atoms with Gasteiger partial charge in [-0.15, -0.1) is 0 Å². The molecule has 1 heterocycles. The van der Waals surface area contributed by atoms with Gasteiger partial charge >= 0.3 is 0 Å². The molecule has 3 N–H and O–H groups in total. The molecule has 1 aliphatic heterocycles. The predicted octanol–water partition coefficient (Wildman–Crippen LogP) is 2.50. The first-order valence-corrected chi connectivity index (χ1v) is 11.4. The van der Waals surface area contributed by atoms with E-state index in [-0.39, 0.29) is 17.9 Å². The van der Waals surface area contributed by atoms with Crippen LogP contribution in [0.15, 0.2) is 24.3 Å². The second-order valence-corrected chi connectivity index (χ2v) is 9.20. The minimum Gasteiger partial charge on any atom is -0.497 e. The van der Waals surface area contributed by atoms with Crippen LogP contribution < -0.4 is 4.74 Å². The van der Waals surface area contributed by atoms with Crippen molar-refractivity contribution in [2.75, 3.05) is 7.11 Å². The van der Waals surface area contributed by atoms with E-state index in [1.807, 2.05) is 31.2 Å². The summed E-state index contributed by atoms with van der Waals surface area (Å²) >= 11 is 0. The Hall–Kier alpha value is -1.22. The molecule has 2 fully saturated rings. The lowest BCUT2D eigenvalue weighted by Gasteiger charge is -2.47. The molecule has 1 aliphatic carbocycles. The third-order valence-corrected chi connectivity index (χ3v) is 6.84. The summed E-state index contributed by atoms with van der Waals surface area (Å²) in [5, 5.41) is 31.8. The first kappa shape index (κ1) is 24.4. The Morgan fingerprint density at radius 2 is 1.58 bits per heavy atom. The molecule has 0 radical (unpaired) electrons. The van der Waals surface area contributed by atoms with E-state index in [2.05, 4.69) is 13.8 Å². The number of aliphatic hydroxyl groups is 3. The van der Waals surface area contributed by atoms with Crippen molar-refractivity contribution in [1.29, 1.82) is 0 Å². The maximum atomic E-state index is 11.2. The Bertz CT molecular complexity index is 679. The molecule has 7 nitrogen and oxygen atoms in total. The molecule has 10 atom stereocenters. The van der Waals surface area contributed by atoms with Crippen molar-refractivity contribution in [3.8, 4) is 5.75 Å². The third kappa shape index (κ3) is 5.41. The summed E-state index contributed by atoms with van der Waals surface area (Å²) in [6.07, 6.45) is -3.32. The highest BCUT2D eigenvalue weighted by Crippen LogP contribution is 2.37. The number of methoxy groups -OCH3 is 1. The fourth-order valence-electron chi connectivity index (χ4n) is 4.82. The highest BCUT2D eigenvalue weighted by molar-refractivity contribution is 5.26. The van der Waals surface area contributed by atoms with Gasteiger partial charge in [-0.2, -0.15) is 0 Å². The zero-order valence-electron chi connectivity index (χ0n) is 19.2. The van der Waals surface area contributed by atoms with Gasteiger partial charge < -0.3 is 34.3 Å². The lowest BCUT2D eigenvalue weighted by atomic mass is 9.77. The van der Waals surface area contributed by atoms with Crippen molar-refractivity contribution >= 4 is 0 Å². The number of rotatable bonds is 7. The van der Waals surface area contributed by atoms with Gasteiger partial charge in [0.2, 0.25) is 0 Å². The molecule has 1 saturated heterocycles. The van der Waals surface area contributed by atoms with Gasteiger partial charge in [-0.25, -0.2) is 0 Å². The molecule has 0 amide bonds. The summed E-state index contributed by atoms with van der Waals surface area (Å²) in [4.78, 5) is 0. The SMILES string of the molecule is CCC1O[C@H](O[C@@H]2C(C)C[C@@H](C)C(OCc3ccc(OC)cc3)[C@H]2O)C(C)[C@@H](O)[C@@H]1O. The van der Waals surface area contributed by atoms with Crippen molar-refractivity contribution < 1.29 is 34.3 Å². The van der Waals surface area contributed by atoms with E-state index in [9.17, 15) is 15.3 Å². The minimum atomic E-state index is -0.936. The van der Waals surface area contributed by atoms with E-state index in [4.69, 9.17) is 18.9 Å². The zero-order valence-corrected chi connectivity index (χ0v) is 19.2. The predicted molar refractivity (Wildman–Crippen MR) is 116 cm³/mol. The first-order chi connectivity index (χ1) is 14.8. The lowest BCUT2D eigenvalue weighted by Crippen LogP contribution is -2.58. The van der Waals surface area contributed by atoms with E-state index in [0.717, 1.165) is 17.7 Å². The number of ether oxygens (including phenoxy) is 4. The molecule has 176 valence electrons. The molecule has 0 spiro atoms. The molecular weight excluding hydrogens is 400 g/mol. The average molecular weight is 439 g/mol. The Balaban J connectivity index is 1.66. The molecule has 1 aromatic carbocycles. The highest BCUT2D eigenvalue weighted by Gasteiger charge is 2.47. The van der Waals surface area contributed by atoms with Crippen molar-refractivity contribution in [1.82, 2.24) is 0 Å². The monoisotopic (exact) mass is 438 g/mol. The summed E-state index contributed by atoms with van der Waals surface area (Å²) in [5.74, 6) is 0.654. The Morgan fingerprint density at radius 3 is 2.19 bits per heavy atom. The largest absolute Gasteiger partial charge is 0.497 e. The molecule has 4 unspecified atom stereocenters. The van der Waals surface area contributed by atoms with Crippen LogP contribution >= 0.6 is 0 Å². The van der Waals surface area contributed by atoms with E-state index in [1.54, 1.807) is 14.0 Å². The number of benzene rings is 1. The summed E-state index contributed by atoms with van der Waals surface area (Å²) in [5.41, 5.74) is 1.00. The third-order valence-electron chi connectivity index (χ3n) is 6.84. The van der Waals surface area contributed by atoms with Gasteiger partial charge in [-0.1, -0.05) is 39.8 Å². The fourth-order valence-corrected chi connectivity index (χ4v) is 4.82. The second-order valence-electron chi connectivity index (χ2n) is 9.20. The smallest absolute Gasteiger partial charge is 0.163 e. The van der Waals surface area contributed by atoms with Crippen molar-refractivity contribution in [2.45, 2.75) is 90.1 Å². The summed E-state index contributed by atoms with van der Waals surface area (Å²) in [7, 11) is 1.63. The fraction of sp³-hybridized carbons (Fsp3) is 0.750. The van der Waals surface area contributed by atoms with Crippen LogP contribution in [0.5, 0.6) is 5.75 Å². The molecule has 31 heavy (non-hydrogen) atoms. The van der Waals surface area contributed by atoms with Gasteiger partial charge in [0.25, 0.3) is 0 Å². The molecule has 1 saturated carbocycles. The molecular formula is C24H38O7. The normalized spacial score (nSPS) is 41.2. The van der Waals surface area contributed by atoms with Crippen LogP contribution in [-0.2, 0) is 20.8 Å². The quantitative estimate of drug-likeness (QED) is 0.602. The molecule has 2 aliphatic rings. The Labute approximate surface area is 185 Å². The summed E-state index contributed by atoms with van der Waals surface area (Å²) in [6, 6.07) is 7.67. The van der Waals surface area contributed by atoms with E-state index < -0.39 is 42.7 Å². The Kier molecular flexibility index (Phi) is 8.35. The van der Waals surface area contributed by atoms with Crippen LogP contribution in [0.2, 0.25) is 0 Å². The molecule has 0 bridgehead atoms. The van der Waals surface area contributed by atoms with Crippen LogP contribution in [0.4, 0.5) is 0 Å². The zero-order chi connectivity index (χ0) is 22.7. The van der Waals surface area contributed by atoms with Gasteiger partial charge in [0.15, 0.2) is 6.29 Å². The van der Waals surface area contributed by atoms with Gasteiger partial charge in [-0.3, -0.25) is 0 Å². The molecule has 0 aromatic heterocycles. The van der Waals surface area contributed by atoms with Gasteiger partial charge in [0.05, 0.1) is 38.1 Å². The van der Waals surface area contributed by atoms with Crippen LogP contribution in [0.1, 0.15) is 46.1 Å². The van der Waals surface area contributed by atoms with Crippen LogP contribution in [0, 0.1) is 17.8 Å². The molecule has 1 aromatic rings. The lowest BCUT2D eigenvalue weighted by molar-refractivity contribution is -0.311.